The van der Waals surface area contributed by atoms with Gasteiger partial charge in [-0.15, -0.1) is 0 Å². The molecule has 1 rings (SSSR count). The van der Waals surface area contributed by atoms with Crippen LogP contribution in [-0.4, -0.2) is 42.2 Å². The highest BCUT2D eigenvalue weighted by Gasteiger charge is 2.20. The van der Waals surface area contributed by atoms with Gasteiger partial charge in [-0.3, -0.25) is 0 Å². The summed E-state index contributed by atoms with van der Waals surface area (Å²) in [4.78, 5) is 13.0. The van der Waals surface area contributed by atoms with E-state index in [2.05, 4.69) is 24.1 Å². The number of carboxylic acid groups (broad SMARTS) is 1. The number of benzene rings is 1. The molecule has 4 heteroatoms. The van der Waals surface area contributed by atoms with E-state index in [1.807, 2.05) is 27.1 Å². The Kier molecular flexibility index (Phi) is 4.35. The second kappa shape index (κ2) is 5.40. The second-order valence-electron chi connectivity index (χ2n) is 5.40. The lowest BCUT2D eigenvalue weighted by atomic mass is 10.0. The predicted molar refractivity (Wildman–Crippen MR) is 74.4 cm³/mol. The Morgan fingerprint density at radius 3 is 2.44 bits per heavy atom. The summed E-state index contributed by atoms with van der Waals surface area (Å²) in [5.41, 5.74) is 2.29. The van der Waals surface area contributed by atoms with E-state index in [0.29, 0.717) is 5.56 Å². The first-order valence-corrected chi connectivity index (χ1v) is 5.99. The van der Waals surface area contributed by atoms with Gasteiger partial charge in [-0.2, -0.15) is 0 Å². The van der Waals surface area contributed by atoms with Crippen LogP contribution >= 0.6 is 0 Å². The largest absolute Gasteiger partial charge is 0.478 e. The first kappa shape index (κ1) is 14.5. The van der Waals surface area contributed by atoms with Crippen molar-refractivity contribution in [2.75, 3.05) is 26.0 Å². The normalized spacial score (nSPS) is 11.7. The van der Waals surface area contributed by atoms with E-state index in [0.717, 1.165) is 17.8 Å². The molecule has 4 nitrogen and oxygen atoms in total. The van der Waals surface area contributed by atoms with Gasteiger partial charge in [0.25, 0.3) is 0 Å². The zero-order chi connectivity index (χ0) is 13.9. The van der Waals surface area contributed by atoms with Crippen molar-refractivity contribution in [1.82, 2.24) is 4.90 Å². The van der Waals surface area contributed by atoms with Crippen LogP contribution in [0.4, 0.5) is 5.69 Å². The minimum Gasteiger partial charge on any atom is -0.478 e. The highest BCUT2D eigenvalue weighted by atomic mass is 16.4. The van der Waals surface area contributed by atoms with Crippen molar-refractivity contribution in [1.29, 1.82) is 0 Å². The van der Waals surface area contributed by atoms with Gasteiger partial charge in [-0.05, 0) is 58.6 Å². The van der Waals surface area contributed by atoms with Crippen molar-refractivity contribution >= 4 is 11.7 Å². The summed E-state index contributed by atoms with van der Waals surface area (Å²) in [6.45, 7) is 7.02. The average Bonchev–Trinajstić information content (AvgIpc) is 2.26. The van der Waals surface area contributed by atoms with Crippen molar-refractivity contribution in [3.8, 4) is 0 Å². The quantitative estimate of drug-likeness (QED) is 0.843. The first-order valence-electron chi connectivity index (χ1n) is 5.99. The molecule has 0 radical (unpaired) electrons. The molecule has 0 fully saturated rings. The minimum absolute atomic E-state index is 0.0396. The molecule has 0 heterocycles. The molecule has 1 aromatic carbocycles. The summed E-state index contributed by atoms with van der Waals surface area (Å²) in [7, 11) is 4.09. The SMILES string of the molecule is Cc1cc(C(=O)O)ccc1NCC(C)(C)N(C)C. The summed E-state index contributed by atoms with van der Waals surface area (Å²) in [6.07, 6.45) is 0. The number of carboxylic acids is 1. The molecule has 0 aliphatic rings. The Morgan fingerprint density at radius 1 is 1.39 bits per heavy atom. The maximum atomic E-state index is 10.8. The van der Waals surface area contributed by atoms with Crippen LogP contribution in [0.15, 0.2) is 18.2 Å². The van der Waals surface area contributed by atoms with Gasteiger partial charge >= 0.3 is 5.97 Å². The predicted octanol–water partition coefficient (Wildman–Crippen LogP) is 2.45. The van der Waals surface area contributed by atoms with Crippen molar-refractivity contribution < 1.29 is 9.90 Å². The zero-order valence-corrected chi connectivity index (χ0v) is 11.7. The van der Waals surface area contributed by atoms with Crippen LogP contribution in [0.1, 0.15) is 29.8 Å². The lowest BCUT2D eigenvalue weighted by molar-refractivity contribution is 0.0697. The van der Waals surface area contributed by atoms with Gasteiger partial charge in [-0.1, -0.05) is 0 Å². The monoisotopic (exact) mass is 250 g/mol. The Balaban J connectivity index is 2.78. The maximum Gasteiger partial charge on any atom is 0.335 e. The molecule has 2 N–H and O–H groups in total. The van der Waals surface area contributed by atoms with E-state index >= 15 is 0 Å². The Morgan fingerprint density at radius 2 is 2.00 bits per heavy atom. The van der Waals surface area contributed by atoms with E-state index in [4.69, 9.17) is 5.11 Å². The van der Waals surface area contributed by atoms with E-state index in [9.17, 15) is 4.79 Å². The molecule has 0 atom stereocenters. The highest BCUT2D eigenvalue weighted by molar-refractivity contribution is 5.88. The van der Waals surface area contributed by atoms with Crippen LogP contribution in [0.2, 0.25) is 0 Å². The van der Waals surface area contributed by atoms with Gasteiger partial charge < -0.3 is 15.3 Å². The number of rotatable bonds is 5. The lowest BCUT2D eigenvalue weighted by Crippen LogP contribution is -2.44. The Labute approximate surface area is 109 Å². The first-order chi connectivity index (χ1) is 8.24. The van der Waals surface area contributed by atoms with Crippen LogP contribution in [0.25, 0.3) is 0 Å². The maximum absolute atomic E-state index is 10.8. The molecule has 1 aromatic rings. The van der Waals surface area contributed by atoms with Crippen molar-refractivity contribution in [2.45, 2.75) is 26.3 Å². The number of aromatic carboxylic acids is 1. The summed E-state index contributed by atoms with van der Waals surface area (Å²) in [5, 5.41) is 12.3. The van der Waals surface area contributed by atoms with Gasteiger partial charge in [-0.25, -0.2) is 4.79 Å². The lowest BCUT2D eigenvalue weighted by Gasteiger charge is -2.33. The van der Waals surface area contributed by atoms with E-state index in [1.54, 1.807) is 12.1 Å². The van der Waals surface area contributed by atoms with Crippen LogP contribution in [0.3, 0.4) is 0 Å². The van der Waals surface area contributed by atoms with Crippen molar-refractivity contribution in [3.63, 3.8) is 0 Å². The fraction of sp³-hybridized carbons (Fsp3) is 0.500. The molecule has 0 bridgehead atoms. The molecule has 0 saturated carbocycles. The summed E-state index contributed by atoms with van der Waals surface area (Å²) in [6, 6.07) is 5.14. The molecule has 0 unspecified atom stereocenters. The van der Waals surface area contributed by atoms with Crippen LogP contribution in [0, 0.1) is 6.92 Å². The van der Waals surface area contributed by atoms with Crippen LogP contribution in [0.5, 0.6) is 0 Å². The smallest absolute Gasteiger partial charge is 0.335 e. The van der Waals surface area contributed by atoms with E-state index < -0.39 is 5.97 Å². The number of nitrogens with zero attached hydrogens (tertiary/aromatic N) is 1. The zero-order valence-electron chi connectivity index (χ0n) is 11.7. The Bertz CT molecular complexity index is 439. The number of anilines is 1. The molecule has 0 spiro atoms. The third-order valence-electron chi connectivity index (χ3n) is 3.40. The van der Waals surface area contributed by atoms with Gasteiger partial charge in [0.2, 0.25) is 0 Å². The van der Waals surface area contributed by atoms with Crippen molar-refractivity contribution in [2.24, 2.45) is 0 Å². The average molecular weight is 250 g/mol. The standard InChI is InChI=1S/C14H22N2O2/c1-10-8-11(13(17)18)6-7-12(10)15-9-14(2,3)16(4)5/h6-8,15H,9H2,1-5H3,(H,17,18). The number of nitrogens with one attached hydrogen (secondary N) is 1. The number of hydrogen-bond acceptors (Lipinski definition) is 3. The number of carbonyl (C=O) groups is 1. The van der Waals surface area contributed by atoms with Gasteiger partial charge in [0.1, 0.15) is 0 Å². The van der Waals surface area contributed by atoms with Gasteiger partial charge in [0, 0.05) is 17.8 Å². The minimum atomic E-state index is -0.890. The molecular weight excluding hydrogens is 228 g/mol. The number of hydrogen-bond donors (Lipinski definition) is 2. The molecule has 18 heavy (non-hydrogen) atoms. The summed E-state index contributed by atoms with van der Waals surface area (Å²) >= 11 is 0. The summed E-state index contributed by atoms with van der Waals surface area (Å²) in [5.74, 6) is -0.890. The Hall–Kier alpha value is -1.55. The van der Waals surface area contributed by atoms with Gasteiger partial charge in [0.15, 0.2) is 0 Å². The molecular formula is C14H22N2O2. The summed E-state index contributed by atoms with van der Waals surface area (Å²) < 4.78 is 0. The molecule has 0 saturated heterocycles. The number of likely N-dealkylation sites (N-methyl/N-ethyl adjacent to an activating group) is 1. The molecule has 0 amide bonds. The molecule has 100 valence electrons. The number of aryl methyl sites for hydroxylation is 1. The molecule has 0 aliphatic carbocycles. The third-order valence-corrected chi connectivity index (χ3v) is 3.40. The fourth-order valence-electron chi connectivity index (χ4n) is 1.46. The molecule has 0 aromatic heterocycles. The second-order valence-corrected chi connectivity index (χ2v) is 5.40. The molecule has 0 aliphatic heterocycles. The fourth-order valence-corrected chi connectivity index (χ4v) is 1.46. The van der Waals surface area contributed by atoms with Crippen molar-refractivity contribution in [3.05, 3.63) is 29.3 Å². The highest BCUT2D eigenvalue weighted by Crippen LogP contribution is 2.18. The third kappa shape index (κ3) is 3.47. The topological polar surface area (TPSA) is 52.6 Å². The van der Waals surface area contributed by atoms with Crippen LogP contribution in [-0.2, 0) is 0 Å². The van der Waals surface area contributed by atoms with Gasteiger partial charge in [0.05, 0.1) is 5.56 Å². The van der Waals surface area contributed by atoms with Crippen LogP contribution < -0.4 is 5.32 Å². The van der Waals surface area contributed by atoms with E-state index in [-0.39, 0.29) is 5.54 Å². The van der Waals surface area contributed by atoms with E-state index in [1.165, 1.54) is 0 Å².